The van der Waals surface area contributed by atoms with Crippen LogP contribution in [0, 0.1) is 9.39 Å². The third-order valence-corrected chi connectivity index (χ3v) is 6.35. The summed E-state index contributed by atoms with van der Waals surface area (Å²) in [5.41, 5.74) is 2.89. The molecule has 3 aromatic heterocycles. The lowest BCUT2D eigenvalue weighted by molar-refractivity contribution is 0.122. The molecule has 0 spiro atoms. The van der Waals surface area contributed by atoms with Crippen LogP contribution in [0.2, 0.25) is 0 Å². The van der Waals surface area contributed by atoms with Gasteiger partial charge in [-0.25, -0.2) is 9.37 Å². The number of nitrogens with zero attached hydrogens (tertiary/aromatic N) is 4. The maximum atomic E-state index is 14.3. The summed E-state index contributed by atoms with van der Waals surface area (Å²) in [6, 6.07) is 12.7. The number of hydrogen-bond donors (Lipinski definition) is 0. The van der Waals surface area contributed by atoms with Crippen molar-refractivity contribution in [3.63, 3.8) is 0 Å². The Labute approximate surface area is 192 Å². The summed E-state index contributed by atoms with van der Waals surface area (Å²) in [5.74, 6) is -0.282. The van der Waals surface area contributed by atoms with Crippen LogP contribution in [0.15, 0.2) is 65.8 Å². The van der Waals surface area contributed by atoms with Crippen LogP contribution in [0.1, 0.15) is 5.56 Å². The molecule has 5 rings (SSSR count). The molecule has 4 aromatic rings. The van der Waals surface area contributed by atoms with Crippen LogP contribution in [0.5, 0.6) is 0 Å². The van der Waals surface area contributed by atoms with E-state index in [1.165, 1.54) is 4.57 Å². The van der Waals surface area contributed by atoms with Gasteiger partial charge in [-0.2, -0.15) is 0 Å². The van der Waals surface area contributed by atoms with Gasteiger partial charge in [-0.05, 0) is 46.9 Å². The Balaban J connectivity index is 1.44. The molecular weight excluding hydrogens is 510 g/mol. The van der Waals surface area contributed by atoms with Crippen molar-refractivity contribution in [3.8, 4) is 5.69 Å². The molecule has 6 nitrogen and oxygen atoms in total. The quantitative estimate of drug-likeness (QED) is 0.377. The van der Waals surface area contributed by atoms with Gasteiger partial charge in [0, 0.05) is 46.1 Å². The first kappa shape index (κ1) is 20.2. The van der Waals surface area contributed by atoms with Gasteiger partial charge in [0.2, 0.25) is 0 Å². The minimum absolute atomic E-state index is 0.190. The summed E-state index contributed by atoms with van der Waals surface area (Å²) >= 11 is 1.96. The van der Waals surface area contributed by atoms with Gasteiger partial charge in [0.15, 0.2) is 0 Å². The number of anilines is 1. The number of rotatable bonds is 4. The van der Waals surface area contributed by atoms with Crippen molar-refractivity contribution in [1.29, 1.82) is 0 Å². The average Bonchev–Trinajstić information content (AvgIpc) is 3.22. The summed E-state index contributed by atoms with van der Waals surface area (Å²) < 4.78 is 23.7. The van der Waals surface area contributed by atoms with E-state index in [2.05, 4.69) is 16.0 Å². The highest BCUT2D eigenvalue weighted by Gasteiger charge is 2.14. The molecular formula is C23H20FIN4O2. The van der Waals surface area contributed by atoms with Crippen LogP contribution in [0.3, 0.4) is 0 Å². The summed E-state index contributed by atoms with van der Waals surface area (Å²) in [6.45, 7) is 3.35. The lowest BCUT2D eigenvalue weighted by Crippen LogP contribution is -2.36. The lowest BCUT2D eigenvalue weighted by atomic mass is 10.2. The second-order valence-electron chi connectivity index (χ2n) is 7.46. The fourth-order valence-electron chi connectivity index (χ4n) is 3.85. The minimum atomic E-state index is -0.282. The average molecular weight is 530 g/mol. The Morgan fingerprint density at radius 3 is 2.71 bits per heavy atom. The number of halogens is 2. The topological polar surface area (TPSA) is 52.3 Å². The maximum absolute atomic E-state index is 14.3. The molecule has 1 aromatic carbocycles. The molecule has 158 valence electrons. The Morgan fingerprint density at radius 2 is 1.90 bits per heavy atom. The van der Waals surface area contributed by atoms with Crippen molar-refractivity contribution in [3.05, 3.63) is 86.4 Å². The van der Waals surface area contributed by atoms with Crippen LogP contribution < -0.4 is 10.5 Å². The molecule has 0 aliphatic carbocycles. The summed E-state index contributed by atoms with van der Waals surface area (Å²) in [5, 5.41) is 1.01. The second kappa shape index (κ2) is 8.43. The van der Waals surface area contributed by atoms with Crippen molar-refractivity contribution in [2.75, 3.05) is 31.2 Å². The largest absolute Gasteiger partial charge is 0.378 e. The van der Waals surface area contributed by atoms with E-state index in [9.17, 15) is 9.18 Å². The van der Waals surface area contributed by atoms with Gasteiger partial charge in [-0.3, -0.25) is 4.79 Å². The molecule has 0 unspecified atom stereocenters. The van der Waals surface area contributed by atoms with E-state index in [0.717, 1.165) is 48.7 Å². The van der Waals surface area contributed by atoms with Gasteiger partial charge in [-0.15, -0.1) is 0 Å². The molecule has 4 heterocycles. The van der Waals surface area contributed by atoms with E-state index >= 15 is 0 Å². The normalized spacial score (nSPS) is 14.3. The van der Waals surface area contributed by atoms with E-state index in [0.29, 0.717) is 9.13 Å². The van der Waals surface area contributed by atoms with Gasteiger partial charge in [0.05, 0.1) is 37.3 Å². The molecule has 1 aliphatic heterocycles. The number of hydrogen-bond acceptors (Lipinski definition) is 4. The molecule has 0 amide bonds. The third kappa shape index (κ3) is 3.97. The third-order valence-electron chi connectivity index (χ3n) is 5.52. The molecule has 1 saturated heterocycles. The molecule has 0 bridgehead atoms. The molecule has 0 atom stereocenters. The molecule has 8 heteroatoms. The minimum Gasteiger partial charge on any atom is -0.378 e. The predicted molar refractivity (Wildman–Crippen MR) is 127 cm³/mol. The van der Waals surface area contributed by atoms with Crippen molar-refractivity contribution in [2.24, 2.45) is 0 Å². The van der Waals surface area contributed by atoms with Gasteiger partial charge in [0.1, 0.15) is 11.5 Å². The van der Waals surface area contributed by atoms with Gasteiger partial charge < -0.3 is 18.8 Å². The Bertz CT molecular complexity index is 1310. The zero-order chi connectivity index (χ0) is 21.4. The molecule has 31 heavy (non-hydrogen) atoms. The molecule has 1 fully saturated rings. The van der Waals surface area contributed by atoms with Crippen molar-refractivity contribution < 1.29 is 9.13 Å². The smallest absolute Gasteiger partial charge is 0.252 e. The van der Waals surface area contributed by atoms with E-state index in [1.807, 2.05) is 51.7 Å². The molecule has 1 aliphatic rings. The molecule has 0 N–H and O–H groups in total. The SMILES string of the molecule is O=c1cc(-n2ccc3cc(N4CCOCC4)cnc32)ccn1Cc1cccc(I)c1F. The van der Waals surface area contributed by atoms with Gasteiger partial charge >= 0.3 is 0 Å². The van der Waals surface area contributed by atoms with Crippen LogP contribution in [0.4, 0.5) is 10.1 Å². The standard InChI is InChI=1S/C23H20FIN4O2/c24-22-17(2-1-3-20(22)25)15-28-6-5-18(13-21(28)30)29-7-4-16-12-19(14-26-23(16)29)27-8-10-31-11-9-27/h1-7,12-14H,8-11,15H2. The first-order valence-electron chi connectivity index (χ1n) is 10.0. The summed E-state index contributed by atoms with van der Waals surface area (Å²) in [6.07, 6.45) is 5.48. The van der Waals surface area contributed by atoms with Crippen molar-refractivity contribution in [1.82, 2.24) is 14.1 Å². The Hall–Kier alpha value is -2.72. The maximum Gasteiger partial charge on any atom is 0.252 e. The number of pyridine rings is 2. The fourth-order valence-corrected chi connectivity index (χ4v) is 4.40. The molecule has 0 saturated carbocycles. The Morgan fingerprint density at radius 1 is 1.06 bits per heavy atom. The second-order valence-corrected chi connectivity index (χ2v) is 8.62. The first-order chi connectivity index (χ1) is 15.1. The highest BCUT2D eigenvalue weighted by atomic mass is 127. The zero-order valence-corrected chi connectivity index (χ0v) is 18.8. The number of ether oxygens (including phenoxy) is 1. The van der Waals surface area contributed by atoms with E-state index in [1.54, 1.807) is 30.5 Å². The summed E-state index contributed by atoms with van der Waals surface area (Å²) in [7, 11) is 0. The van der Waals surface area contributed by atoms with Gasteiger partial charge in [-0.1, -0.05) is 12.1 Å². The van der Waals surface area contributed by atoms with Crippen LogP contribution in [-0.4, -0.2) is 40.4 Å². The van der Waals surface area contributed by atoms with E-state index in [-0.39, 0.29) is 17.9 Å². The van der Waals surface area contributed by atoms with Gasteiger partial charge in [0.25, 0.3) is 5.56 Å². The zero-order valence-electron chi connectivity index (χ0n) is 16.7. The van der Waals surface area contributed by atoms with E-state index < -0.39 is 0 Å². The summed E-state index contributed by atoms with van der Waals surface area (Å²) in [4.78, 5) is 19.6. The highest BCUT2D eigenvalue weighted by Crippen LogP contribution is 2.24. The highest BCUT2D eigenvalue weighted by molar-refractivity contribution is 14.1. The van der Waals surface area contributed by atoms with E-state index in [4.69, 9.17) is 4.74 Å². The Kier molecular flexibility index (Phi) is 5.49. The van der Waals surface area contributed by atoms with Crippen molar-refractivity contribution in [2.45, 2.75) is 6.54 Å². The van der Waals surface area contributed by atoms with Crippen molar-refractivity contribution >= 4 is 39.3 Å². The number of aromatic nitrogens is 3. The van der Waals surface area contributed by atoms with Crippen LogP contribution >= 0.6 is 22.6 Å². The van der Waals surface area contributed by atoms with Crippen LogP contribution in [0.25, 0.3) is 16.7 Å². The monoisotopic (exact) mass is 530 g/mol. The van der Waals surface area contributed by atoms with Crippen LogP contribution in [-0.2, 0) is 11.3 Å². The predicted octanol–water partition coefficient (Wildman–Crippen LogP) is 3.82. The fraction of sp³-hybridized carbons (Fsp3) is 0.217. The number of benzene rings is 1. The number of morpholine rings is 1. The molecule has 0 radical (unpaired) electrons. The first-order valence-corrected chi connectivity index (χ1v) is 11.1. The lowest BCUT2D eigenvalue weighted by Gasteiger charge is -2.28. The number of fused-ring (bicyclic) bond motifs is 1.